The van der Waals surface area contributed by atoms with E-state index in [2.05, 4.69) is 4.72 Å². The summed E-state index contributed by atoms with van der Waals surface area (Å²) in [6, 6.07) is 9.58. The molecule has 0 saturated heterocycles. The Balaban J connectivity index is 1.83. The molecule has 0 spiro atoms. The minimum atomic E-state index is -3.98. The number of nitrogens with zero attached hydrogens (tertiary/aromatic N) is 1. The van der Waals surface area contributed by atoms with Crippen molar-refractivity contribution in [3.05, 3.63) is 42.5 Å². The number of carbonyl (C=O) groups is 1. The lowest BCUT2D eigenvalue weighted by Crippen LogP contribution is -2.29. The standard InChI is InChI=1S/C17H19N3O6S2/c1-12(21)18-27(22,23)14-5-3-13(4-6-14)19-28(24,25)15-7-8-17-16(11-15)20(2)9-10-26-17/h3-8,11,19H,9-10H2,1-2H3,(H,18,21). The van der Waals surface area contributed by atoms with Crippen LogP contribution in [0.2, 0.25) is 0 Å². The molecule has 3 rings (SSSR count). The lowest BCUT2D eigenvalue weighted by atomic mass is 10.2. The molecule has 1 heterocycles. The van der Waals surface area contributed by atoms with E-state index < -0.39 is 26.0 Å². The van der Waals surface area contributed by atoms with Crippen molar-refractivity contribution < 1.29 is 26.4 Å². The Labute approximate surface area is 163 Å². The zero-order chi connectivity index (χ0) is 20.5. The second-order valence-electron chi connectivity index (χ2n) is 6.19. The number of nitrogens with one attached hydrogen (secondary N) is 2. The van der Waals surface area contributed by atoms with E-state index in [4.69, 9.17) is 4.74 Å². The molecule has 2 aromatic rings. The van der Waals surface area contributed by atoms with E-state index in [0.717, 1.165) is 6.92 Å². The minimum absolute atomic E-state index is 0.0542. The molecule has 1 amide bonds. The van der Waals surface area contributed by atoms with Crippen LogP contribution in [0.15, 0.2) is 52.3 Å². The molecule has 0 aromatic heterocycles. The lowest BCUT2D eigenvalue weighted by molar-refractivity contribution is -0.117. The third-order valence-electron chi connectivity index (χ3n) is 4.03. The van der Waals surface area contributed by atoms with E-state index in [9.17, 15) is 21.6 Å². The number of sulfonamides is 2. The first-order valence-electron chi connectivity index (χ1n) is 8.23. The highest BCUT2D eigenvalue weighted by Gasteiger charge is 2.21. The molecule has 9 nitrogen and oxygen atoms in total. The van der Waals surface area contributed by atoms with Gasteiger partial charge in [0.25, 0.3) is 20.0 Å². The molecule has 150 valence electrons. The van der Waals surface area contributed by atoms with Gasteiger partial charge in [0, 0.05) is 19.7 Å². The van der Waals surface area contributed by atoms with Gasteiger partial charge in [0.1, 0.15) is 12.4 Å². The maximum Gasteiger partial charge on any atom is 0.264 e. The van der Waals surface area contributed by atoms with Gasteiger partial charge in [0.15, 0.2) is 0 Å². The van der Waals surface area contributed by atoms with Crippen LogP contribution >= 0.6 is 0 Å². The molecule has 0 atom stereocenters. The molecule has 0 saturated carbocycles. The molecule has 1 aliphatic heterocycles. The normalized spacial score (nSPS) is 14.0. The number of benzene rings is 2. The first kappa shape index (κ1) is 20.0. The Bertz CT molecular complexity index is 1110. The van der Waals surface area contributed by atoms with Crippen molar-refractivity contribution in [3.63, 3.8) is 0 Å². The summed E-state index contributed by atoms with van der Waals surface area (Å²) in [7, 11) is -6.03. The number of rotatable bonds is 5. The highest BCUT2D eigenvalue weighted by atomic mass is 32.2. The molecule has 1 aliphatic rings. The largest absolute Gasteiger partial charge is 0.490 e. The molecule has 2 aromatic carbocycles. The number of ether oxygens (including phenoxy) is 1. The zero-order valence-corrected chi connectivity index (χ0v) is 16.8. The summed E-state index contributed by atoms with van der Waals surface area (Å²) in [5, 5.41) is 0. The average Bonchev–Trinajstić information content (AvgIpc) is 2.61. The Morgan fingerprint density at radius 1 is 1.00 bits per heavy atom. The fraction of sp³-hybridized carbons (Fsp3) is 0.235. The Morgan fingerprint density at radius 3 is 2.29 bits per heavy atom. The van der Waals surface area contributed by atoms with Gasteiger partial charge in [0.2, 0.25) is 5.91 Å². The topological polar surface area (TPSA) is 122 Å². The molecule has 0 fully saturated rings. The molecular weight excluding hydrogens is 406 g/mol. The summed E-state index contributed by atoms with van der Waals surface area (Å²) in [6.07, 6.45) is 0. The third kappa shape index (κ3) is 4.20. The van der Waals surface area contributed by atoms with Crippen LogP contribution in [0.3, 0.4) is 0 Å². The minimum Gasteiger partial charge on any atom is -0.490 e. The highest BCUT2D eigenvalue weighted by molar-refractivity contribution is 7.92. The lowest BCUT2D eigenvalue weighted by Gasteiger charge is -2.28. The molecule has 28 heavy (non-hydrogen) atoms. The number of likely N-dealkylation sites (N-methyl/N-ethyl adjacent to an activating group) is 1. The van der Waals surface area contributed by atoms with Gasteiger partial charge in [-0.2, -0.15) is 0 Å². The van der Waals surface area contributed by atoms with Crippen molar-refractivity contribution in [1.82, 2.24) is 4.72 Å². The molecule has 11 heteroatoms. The summed E-state index contributed by atoms with van der Waals surface area (Å²) in [5.41, 5.74) is 0.856. The van der Waals surface area contributed by atoms with Gasteiger partial charge >= 0.3 is 0 Å². The number of carbonyl (C=O) groups excluding carboxylic acids is 1. The van der Waals surface area contributed by atoms with Crippen LogP contribution in [0.25, 0.3) is 0 Å². The Kier molecular flexibility index (Phi) is 5.22. The van der Waals surface area contributed by atoms with Crippen molar-refractivity contribution in [1.29, 1.82) is 0 Å². The van der Waals surface area contributed by atoms with E-state index in [-0.39, 0.29) is 15.5 Å². The van der Waals surface area contributed by atoms with Crippen molar-refractivity contribution in [2.24, 2.45) is 0 Å². The number of hydrogen-bond donors (Lipinski definition) is 2. The van der Waals surface area contributed by atoms with E-state index in [1.54, 1.807) is 6.07 Å². The average molecular weight is 425 g/mol. The van der Waals surface area contributed by atoms with Crippen molar-refractivity contribution >= 4 is 37.3 Å². The SMILES string of the molecule is CC(=O)NS(=O)(=O)c1ccc(NS(=O)(=O)c2ccc3c(c2)N(C)CCO3)cc1. The second-order valence-corrected chi connectivity index (χ2v) is 9.56. The van der Waals surface area contributed by atoms with Crippen molar-refractivity contribution in [2.75, 3.05) is 29.8 Å². The monoisotopic (exact) mass is 425 g/mol. The molecule has 0 aliphatic carbocycles. The highest BCUT2D eigenvalue weighted by Crippen LogP contribution is 2.33. The predicted molar refractivity (Wildman–Crippen MR) is 103 cm³/mol. The van der Waals surface area contributed by atoms with Crippen LogP contribution in [-0.4, -0.2) is 42.9 Å². The first-order chi connectivity index (χ1) is 13.1. The smallest absolute Gasteiger partial charge is 0.264 e. The van der Waals surface area contributed by atoms with E-state index in [1.807, 2.05) is 16.7 Å². The number of amides is 1. The number of fused-ring (bicyclic) bond motifs is 1. The summed E-state index contributed by atoms with van der Waals surface area (Å²) >= 11 is 0. The van der Waals surface area contributed by atoms with Gasteiger partial charge < -0.3 is 9.64 Å². The van der Waals surface area contributed by atoms with Gasteiger partial charge in [-0.15, -0.1) is 0 Å². The Morgan fingerprint density at radius 2 is 1.64 bits per heavy atom. The first-order valence-corrected chi connectivity index (χ1v) is 11.2. The molecule has 0 bridgehead atoms. The molecular formula is C17H19N3O6S2. The van der Waals surface area contributed by atoms with Crippen LogP contribution in [0.1, 0.15) is 6.92 Å². The van der Waals surface area contributed by atoms with Crippen molar-refractivity contribution in [2.45, 2.75) is 16.7 Å². The number of hydrogen-bond acceptors (Lipinski definition) is 7. The van der Waals surface area contributed by atoms with E-state index in [1.165, 1.54) is 36.4 Å². The molecule has 0 radical (unpaired) electrons. The predicted octanol–water partition coefficient (Wildman–Crippen LogP) is 1.14. The summed E-state index contributed by atoms with van der Waals surface area (Å²) in [4.78, 5) is 12.8. The fourth-order valence-corrected chi connectivity index (χ4v) is 4.73. The quantitative estimate of drug-likeness (QED) is 0.737. The van der Waals surface area contributed by atoms with E-state index in [0.29, 0.717) is 24.6 Å². The summed E-state index contributed by atoms with van der Waals surface area (Å²) < 4.78 is 59.0. The zero-order valence-electron chi connectivity index (χ0n) is 15.2. The summed E-state index contributed by atoms with van der Waals surface area (Å²) in [6.45, 7) is 2.26. The van der Waals surface area contributed by atoms with Gasteiger partial charge in [-0.3, -0.25) is 9.52 Å². The van der Waals surface area contributed by atoms with Gasteiger partial charge in [-0.25, -0.2) is 21.6 Å². The van der Waals surface area contributed by atoms with Crippen LogP contribution in [0.4, 0.5) is 11.4 Å². The molecule has 0 unspecified atom stereocenters. The van der Waals surface area contributed by atoms with Crippen LogP contribution < -0.4 is 19.1 Å². The maximum absolute atomic E-state index is 12.7. The Hall–Kier alpha value is -2.79. The van der Waals surface area contributed by atoms with Gasteiger partial charge in [-0.1, -0.05) is 0 Å². The van der Waals surface area contributed by atoms with Crippen LogP contribution in [0, 0.1) is 0 Å². The third-order valence-corrected chi connectivity index (χ3v) is 6.86. The van der Waals surface area contributed by atoms with Crippen molar-refractivity contribution in [3.8, 4) is 5.75 Å². The van der Waals surface area contributed by atoms with Crippen LogP contribution in [-0.2, 0) is 24.8 Å². The number of anilines is 2. The summed E-state index contributed by atoms with van der Waals surface area (Å²) in [5.74, 6) is -0.105. The second kappa shape index (κ2) is 7.32. The molecule has 2 N–H and O–H groups in total. The van der Waals surface area contributed by atoms with Crippen LogP contribution in [0.5, 0.6) is 5.75 Å². The van der Waals surface area contributed by atoms with E-state index >= 15 is 0 Å². The van der Waals surface area contributed by atoms with Gasteiger partial charge in [-0.05, 0) is 42.5 Å². The maximum atomic E-state index is 12.7. The van der Waals surface area contributed by atoms with Gasteiger partial charge in [0.05, 0.1) is 22.0 Å². The fourth-order valence-electron chi connectivity index (χ4n) is 2.66.